The lowest BCUT2D eigenvalue weighted by Gasteiger charge is -2.17. The molecule has 2 rings (SSSR count). The average molecular weight is 388 g/mol. The van der Waals surface area contributed by atoms with Gasteiger partial charge in [-0.25, -0.2) is 0 Å². The van der Waals surface area contributed by atoms with Crippen molar-refractivity contribution in [3.05, 3.63) is 51.2 Å². The number of carbonyl (C=O) groups is 2. The minimum absolute atomic E-state index is 0.0629. The van der Waals surface area contributed by atoms with Crippen LogP contribution in [0, 0.1) is 0 Å². The maximum atomic E-state index is 12.1. The van der Waals surface area contributed by atoms with E-state index in [4.69, 9.17) is 11.6 Å². The van der Waals surface area contributed by atoms with Crippen LogP contribution < -0.4 is 4.74 Å². The number of benzene rings is 1. The molecule has 0 saturated carbocycles. The van der Waals surface area contributed by atoms with Crippen LogP contribution in [0.15, 0.2) is 36.4 Å². The first-order valence-corrected chi connectivity index (χ1v) is 8.61. The molecule has 1 amide bonds. The van der Waals surface area contributed by atoms with Crippen molar-refractivity contribution in [3.8, 4) is 5.75 Å². The number of halogens is 3. The molecule has 0 bridgehead atoms. The summed E-state index contributed by atoms with van der Waals surface area (Å²) in [5, 5.41) is 0. The first kappa shape index (κ1) is 19.3. The van der Waals surface area contributed by atoms with E-state index >= 15 is 0 Å². The summed E-state index contributed by atoms with van der Waals surface area (Å²) in [6, 6.07) is 9.36. The highest BCUT2D eigenvalue weighted by atomic mass is 35.5. The quantitative estimate of drug-likeness (QED) is 0.621. The van der Waals surface area contributed by atoms with Crippen molar-refractivity contribution >= 4 is 34.6 Å². The van der Waals surface area contributed by atoms with Gasteiger partial charge in [0, 0.05) is 26.4 Å². The molecule has 1 aromatic heterocycles. The molecular weight excluding hydrogens is 372 g/mol. The van der Waals surface area contributed by atoms with Gasteiger partial charge in [-0.1, -0.05) is 23.7 Å². The maximum absolute atomic E-state index is 12.1. The second kappa shape index (κ2) is 8.92. The number of amides is 1. The molecule has 0 aliphatic heterocycles. The molecule has 0 saturated heterocycles. The second-order valence-electron chi connectivity index (χ2n) is 5.30. The highest BCUT2D eigenvalue weighted by molar-refractivity contribution is 7.18. The Morgan fingerprint density at radius 2 is 1.84 bits per heavy atom. The minimum Gasteiger partial charge on any atom is -0.435 e. The van der Waals surface area contributed by atoms with E-state index in [-0.39, 0.29) is 30.3 Å². The number of hydrogen-bond donors (Lipinski definition) is 0. The number of nitrogens with zero attached hydrogens (tertiary/aromatic N) is 1. The molecule has 0 unspecified atom stereocenters. The molecule has 0 radical (unpaired) electrons. The van der Waals surface area contributed by atoms with Crippen LogP contribution in [-0.4, -0.2) is 30.2 Å². The summed E-state index contributed by atoms with van der Waals surface area (Å²) in [4.78, 5) is 26.1. The molecule has 8 heteroatoms. The fraction of sp³-hybridized carbons (Fsp3) is 0.294. The lowest BCUT2D eigenvalue weighted by Crippen LogP contribution is -2.26. The van der Waals surface area contributed by atoms with Crippen molar-refractivity contribution in [2.24, 2.45) is 0 Å². The summed E-state index contributed by atoms with van der Waals surface area (Å²) in [5.74, 6) is -0.232. The number of thiophene rings is 1. The molecule has 134 valence electrons. The van der Waals surface area contributed by atoms with E-state index in [1.165, 1.54) is 28.4 Å². The van der Waals surface area contributed by atoms with Crippen molar-refractivity contribution in [1.82, 2.24) is 4.90 Å². The van der Waals surface area contributed by atoms with E-state index in [9.17, 15) is 18.4 Å². The smallest absolute Gasteiger partial charge is 0.387 e. The topological polar surface area (TPSA) is 46.6 Å². The normalized spacial score (nSPS) is 10.8. The molecule has 0 fully saturated rings. The lowest BCUT2D eigenvalue weighted by molar-refractivity contribution is -0.130. The zero-order valence-electron chi connectivity index (χ0n) is 13.4. The summed E-state index contributed by atoms with van der Waals surface area (Å²) in [7, 11) is 1.62. The predicted octanol–water partition coefficient (Wildman–Crippen LogP) is 4.62. The van der Waals surface area contributed by atoms with Gasteiger partial charge in [-0.3, -0.25) is 9.59 Å². The van der Waals surface area contributed by atoms with Crippen LogP contribution in [0.4, 0.5) is 8.78 Å². The summed E-state index contributed by atoms with van der Waals surface area (Å²) >= 11 is 6.98. The third-order valence-corrected chi connectivity index (χ3v) is 4.68. The van der Waals surface area contributed by atoms with Gasteiger partial charge in [0.05, 0.1) is 9.21 Å². The number of ether oxygens (including phenoxy) is 1. The van der Waals surface area contributed by atoms with Crippen LogP contribution in [0.3, 0.4) is 0 Å². The first-order chi connectivity index (χ1) is 11.8. The van der Waals surface area contributed by atoms with Crippen LogP contribution in [-0.2, 0) is 11.3 Å². The van der Waals surface area contributed by atoms with Gasteiger partial charge >= 0.3 is 6.61 Å². The van der Waals surface area contributed by atoms with Gasteiger partial charge < -0.3 is 9.64 Å². The number of ketones is 1. The Bertz CT molecular complexity index is 734. The zero-order valence-corrected chi connectivity index (χ0v) is 14.9. The van der Waals surface area contributed by atoms with Crippen LogP contribution in [0.5, 0.6) is 5.75 Å². The van der Waals surface area contributed by atoms with Crippen molar-refractivity contribution < 1.29 is 23.1 Å². The zero-order chi connectivity index (χ0) is 18.4. The van der Waals surface area contributed by atoms with Gasteiger partial charge in [-0.2, -0.15) is 8.78 Å². The van der Waals surface area contributed by atoms with E-state index in [0.717, 1.165) is 5.56 Å². The summed E-state index contributed by atoms with van der Waals surface area (Å²) in [6.45, 7) is -2.56. The third kappa shape index (κ3) is 6.10. The molecule has 4 nitrogen and oxygen atoms in total. The number of hydrogen-bond acceptors (Lipinski definition) is 4. The third-order valence-electron chi connectivity index (χ3n) is 3.41. The number of rotatable bonds is 8. The Kier molecular flexibility index (Phi) is 6.90. The molecule has 0 atom stereocenters. The van der Waals surface area contributed by atoms with Crippen LogP contribution >= 0.6 is 22.9 Å². The molecule has 25 heavy (non-hydrogen) atoms. The molecule has 0 aliphatic rings. The molecule has 0 spiro atoms. The van der Waals surface area contributed by atoms with Gasteiger partial charge in [-0.05, 0) is 29.8 Å². The number of Topliss-reactive ketones (excluding diaryl/α,β-unsaturated/α-hetero) is 1. The number of alkyl halides is 2. The average Bonchev–Trinajstić information content (AvgIpc) is 3.00. The molecule has 1 heterocycles. The lowest BCUT2D eigenvalue weighted by atomic mass is 10.1. The monoisotopic (exact) mass is 387 g/mol. The van der Waals surface area contributed by atoms with E-state index in [1.54, 1.807) is 31.3 Å². The Labute approximate surface area is 153 Å². The predicted molar refractivity (Wildman–Crippen MR) is 92.4 cm³/mol. The fourth-order valence-electron chi connectivity index (χ4n) is 2.14. The van der Waals surface area contributed by atoms with Crippen molar-refractivity contribution in [3.63, 3.8) is 0 Å². The van der Waals surface area contributed by atoms with E-state index in [2.05, 4.69) is 4.74 Å². The van der Waals surface area contributed by atoms with Crippen molar-refractivity contribution in [1.29, 1.82) is 0 Å². The highest BCUT2D eigenvalue weighted by Gasteiger charge is 2.14. The van der Waals surface area contributed by atoms with E-state index < -0.39 is 6.61 Å². The fourth-order valence-corrected chi connectivity index (χ4v) is 3.15. The summed E-state index contributed by atoms with van der Waals surface area (Å²) < 4.78 is 29.0. The van der Waals surface area contributed by atoms with Gasteiger partial charge in [0.15, 0.2) is 5.78 Å². The Morgan fingerprint density at radius 1 is 1.16 bits per heavy atom. The molecular formula is C17H16ClF2NO3S. The highest BCUT2D eigenvalue weighted by Crippen LogP contribution is 2.23. The maximum Gasteiger partial charge on any atom is 0.387 e. The van der Waals surface area contributed by atoms with Crippen LogP contribution in [0.25, 0.3) is 0 Å². The van der Waals surface area contributed by atoms with E-state index in [0.29, 0.717) is 15.8 Å². The minimum atomic E-state index is -2.87. The first-order valence-electron chi connectivity index (χ1n) is 7.41. The largest absolute Gasteiger partial charge is 0.435 e. The Balaban J connectivity index is 1.82. The van der Waals surface area contributed by atoms with Crippen LogP contribution in [0.2, 0.25) is 4.34 Å². The molecule has 0 N–H and O–H groups in total. The number of carbonyl (C=O) groups excluding carboxylic acids is 2. The second-order valence-corrected chi connectivity index (χ2v) is 7.01. The van der Waals surface area contributed by atoms with Crippen molar-refractivity contribution in [2.75, 3.05) is 7.05 Å². The van der Waals surface area contributed by atoms with E-state index in [1.807, 2.05) is 0 Å². The summed E-state index contributed by atoms with van der Waals surface area (Å²) in [5.41, 5.74) is 0.772. The molecule has 0 aliphatic carbocycles. The van der Waals surface area contributed by atoms with Gasteiger partial charge in [0.2, 0.25) is 5.91 Å². The Hall–Kier alpha value is -1.99. The standard InChI is InChI=1S/C17H16ClF2NO3S/c1-21(10-11-2-4-12(5-3-11)24-17(19)20)16(23)9-6-13(22)14-7-8-15(18)25-14/h2-5,7-8,17H,6,9-10H2,1H3. The Morgan fingerprint density at radius 3 is 2.40 bits per heavy atom. The SMILES string of the molecule is CN(Cc1ccc(OC(F)F)cc1)C(=O)CCC(=O)c1ccc(Cl)s1. The molecule has 1 aromatic carbocycles. The molecule has 2 aromatic rings. The van der Waals surface area contributed by atoms with Crippen molar-refractivity contribution in [2.45, 2.75) is 26.0 Å². The van der Waals surface area contributed by atoms with Gasteiger partial charge in [0.1, 0.15) is 5.75 Å². The van der Waals surface area contributed by atoms with Gasteiger partial charge in [0.25, 0.3) is 0 Å². The van der Waals surface area contributed by atoms with Gasteiger partial charge in [-0.15, -0.1) is 11.3 Å². The summed E-state index contributed by atoms with van der Waals surface area (Å²) in [6.07, 6.45) is 0.207. The van der Waals surface area contributed by atoms with Crippen LogP contribution in [0.1, 0.15) is 28.1 Å².